The second-order valence-corrected chi connectivity index (χ2v) is 4.90. The van der Waals surface area contributed by atoms with Crippen molar-refractivity contribution in [3.63, 3.8) is 0 Å². The van der Waals surface area contributed by atoms with Crippen LogP contribution in [0.25, 0.3) is 10.8 Å². The van der Waals surface area contributed by atoms with Crippen molar-refractivity contribution >= 4 is 28.1 Å². The maximum absolute atomic E-state index is 12.1. The number of nitrogens with one attached hydrogen (secondary N) is 1. The van der Waals surface area contributed by atoms with Crippen LogP contribution in [0.15, 0.2) is 66.7 Å². The molecule has 0 atom stereocenters. The Bertz CT molecular complexity index is 810. The predicted molar refractivity (Wildman–Crippen MR) is 88.9 cm³/mol. The molecule has 0 aromatic heterocycles. The third kappa shape index (κ3) is 3.01. The molecule has 0 aliphatic rings. The number of hydrogen-bond acceptors (Lipinski definition) is 3. The summed E-state index contributed by atoms with van der Waals surface area (Å²) in [6.07, 6.45) is 0. The maximum atomic E-state index is 12.1. The zero-order valence-corrected chi connectivity index (χ0v) is 12.0. The second kappa shape index (κ2) is 6.18. The lowest BCUT2D eigenvalue weighted by Crippen LogP contribution is -2.20. The maximum Gasteiger partial charge on any atom is 0.262 e. The molecular formula is C18H16N2O2. The van der Waals surface area contributed by atoms with Crippen LogP contribution in [0.4, 0.5) is 11.4 Å². The molecule has 3 aromatic carbocycles. The molecule has 0 saturated carbocycles. The molecule has 3 aromatic rings. The van der Waals surface area contributed by atoms with Crippen LogP contribution in [0.2, 0.25) is 0 Å². The first-order chi connectivity index (χ1) is 10.7. The minimum Gasteiger partial charge on any atom is -0.482 e. The third-order valence-corrected chi connectivity index (χ3v) is 3.34. The first-order valence-corrected chi connectivity index (χ1v) is 6.99. The van der Waals surface area contributed by atoms with E-state index in [9.17, 15) is 4.79 Å². The molecule has 22 heavy (non-hydrogen) atoms. The summed E-state index contributed by atoms with van der Waals surface area (Å²) in [5.41, 5.74) is 7.06. The zero-order chi connectivity index (χ0) is 15.4. The summed E-state index contributed by atoms with van der Waals surface area (Å²) in [5.74, 6) is 0.287. The molecule has 3 rings (SSSR count). The van der Waals surface area contributed by atoms with E-state index < -0.39 is 0 Å². The van der Waals surface area contributed by atoms with Gasteiger partial charge in [-0.15, -0.1) is 0 Å². The van der Waals surface area contributed by atoms with Gasteiger partial charge in [0.25, 0.3) is 5.91 Å². The van der Waals surface area contributed by atoms with Crippen LogP contribution >= 0.6 is 0 Å². The number of carbonyl (C=O) groups is 1. The van der Waals surface area contributed by atoms with Crippen molar-refractivity contribution < 1.29 is 9.53 Å². The molecule has 0 fully saturated rings. The van der Waals surface area contributed by atoms with Crippen LogP contribution in [0.3, 0.4) is 0 Å². The van der Waals surface area contributed by atoms with Gasteiger partial charge in [0.15, 0.2) is 6.61 Å². The van der Waals surface area contributed by atoms with E-state index in [1.54, 1.807) is 12.1 Å². The third-order valence-electron chi connectivity index (χ3n) is 3.34. The molecule has 0 aliphatic carbocycles. The Hall–Kier alpha value is -3.01. The summed E-state index contributed by atoms with van der Waals surface area (Å²) in [5, 5.41) is 4.94. The molecule has 0 heterocycles. The number of benzene rings is 3. The summed E-state index contributed by atoms with van der Waals surface area (Å²) in [7, 11) is 0. The van der Waals surface area contributed by atoms with E-state index >= 15 is 0 Å². The standard InChI is InChI=1S/C18H16N2O2/c19-15-9-3-4-11-17(15)22-12-18(21)20-16-10-5-7-13-6-1-2-8-14(13)16/h1-11H,12,19H2,(H,20,21). The SMILES string of the molecule is Nc1ccccc1OCC(=O)Nc1cccc2ccccc12. The predicted octanol–water partition coefficient (Wildman–Crippen LogP) is 3.44. The van der Waals surface area contributed by atoms with Crippen molar-refractivity contribution in [2.24, 2.45) is 0 Å². The normalized spacial score (nSPS) is 10.4. The van der Waals surface area contributed by atoms with Crippen molar-refractivity contribution in [3.05, 3.63) is 66.7 Å². The van der Waals surface area contributed by atoms with Crippen molar-refractivity contribution in [2.45, 2.75) is 0 Å². The van der Waals surface area contributed by atoms with Crippen molar-refractivity contribution in [1.82, 2.24) is 0 Å². The lowest BCUT2D eigenvalue weighted by Gasteiger charge is -2.10. The smallest absolute Gasteiger partial charge is 0.262 e. The quantitative estimate of drug-likeness (QED) is 0.724. The Labute approximate surface area is 128 Å². The monoisotopic (exact) mass is 292 g/mol. The summed E-state index contributed by atoms with van der Waals surface area (Å²) in [4.78, 5) is 12.1. The fraction of sp³-hybridized carbons (Fsp3) is 0.0556. The van der Waals surface area contributed by atoms with Crippen LogP contribution in [0.5, 0.6) is 5.75 Å². The highest BCUT2D eigenvalue weighted by Gasteiger charge is 2.07. The van der Waals surface area contributed by atoms with Gasteiger partial charge in [-0.05, 0) is 23.6 Å². The van der Waals surface area contributed by atoms with Crippen molar-refractivity contribution in [2.75, 3.05) is 17.7 Å². The highest BCUT2D eigenvalue weighted by molar-refractivity contribution is 6.02. The Morgan fingerprint density at radius 2 is 1.68 bits per heavy atom. The van der Waals surface area contributed by atoms with Gasteiger partial charge in [-0.2, -0.15) is 0 Å². The average Bonchev–Trinajstić information content (AvgIpc) is 2.54. The van der Waals surface area contributed by atoms with E-state index in [0.29, 0.717) is 11.4 Å². The molecule has 3 N–H and O–H groups in total. The molecule has 4 nitrogen and oxygen atoms in total. The van der Waals surface area contributed by atoms with Crippen LogP contribution < -0.4 is 15.8 Å². The topological polar surface area (TPSA) is 64.3 Å². The molecule has 110 valence electrons. The van der Waals surface area contributed by atoms with E-state index in [1.807, 2.05) is 54.6 Å². The molecule has 0 radical (unpaired) electrons. The number of anilines is 2. The highest BCUT2D eigenvalue weighted by Crippen LogP contribution is 2.23. The van der Waals surface area contributed by atoms with Crippen LogP contribution in [0, 0.1) is 0 Å². The molecule has 4 heteroatoms. The summed E-state index contributed by atoms with van der Waals surface area (Å²) >= 11 is 0. The van der Waals surface area contributed by atoms with Crippen LogP contribution in [0.1, 0.15) is 0 Å². The first-order valence-electron chi connectivity index (χ1n) is 6.99. The first kappa shape index (κ1) is 13.9. The Morgan fingerprint density at radius 1 is 0.955 bits per heavy atom. The van der Waals surface area contributed by atoms with Crippen LogP contribution in [-0.4, -0.2) is 12.5 Å². The zero-order valence-electron chi connectivity index (χ0n) is 12.0. The fourth-order valence-electron chi connectivity index (χ4n) is 2.28. The number of amides is 1. The van der Waals surface area contributed by atoms with E-state index in [-0.39, 0.29) is 12.5 Å². The van der Waals surface area contributed by atoms with Crippen molar-refractivity contribution in [3.8, 4) is 5.75 Å². The number of nitrogens with two attached hydrogens (primary N) is 1. The lowest BCUT2D eigenvalue weighted by molar-refractivity contribution is -0.118. The van der Waals surface area contributed by atoms with Gasteiger partial charge in [0.2, 0.25) is 0 Å². The van der Waals surface area contributed by atoms with Crippen LogP contribution in [-0.2, 0) is 4.79 Å². The van der Waals surface area contributed by atoms with Gasteiger partial charge >= 0.3 is 0 Å². The van der Waals surface area contributed by atoms with Gasteiger partial charge < -0.3 is 15.8 Å². The van der Waals surface area contributed by atoms with E-state index in [4.69, 9.17) is 10.5 Å². The number of nitrogen functional groups attached to an aromatic ring is 1. The molecule has 0 bridgehead atoms. The number of carbonyl (C=O) groups excluding carboxylic acids is 1. The molecular weight excluding hydrogens is 276 g/mol. The van der Waals surface area contributed by atoms with Gasteiger partial charge in [0.1, 0.15) is 5.75 Å². The summed E-state index contributed by atoms with van der Waals surface area (Å²) in [6, 6.07) is 20.8. The molecule has 0 aliphatic heterocycles. The summed E-state index contributed by atoms with van der Waals surface area (Å²) in [6.45, 7) is -0.0859. The number of para-hydroxylation sites is 2. The van der Waals surface area contributed by atoms with Crippen molar-refractivity contribution in [1.29, 1.82) is 0 Å². The molecule has 0 saturated heterocycles. The van der Waals surface area contributed by atoms with E-state index in [2.05, 4.69) is 5.32 Å². The summed E-state index contributed by atoms with van der Waals surface area (Å²) < 4.78 is 5.45. The largest absolute Gasteiger partial charge is 0.482 e. The fourth-order valence-corrected chi connectivity index (χ4v) is 2.28. The Morgan fingerprint density at radius 3 is 2.55 bits per heavy atom. The number of fused-ring (bicyclic) bond motifs is 1. The van der Waals surface area contributed by atoms with Gasteiger partial charge in [0, 0.05) is 11.1 Å². The number of hydrogen-bond donors (Lipinski definition) is 2. The average molecular weight is 292 g/mol. The van der Waals surface area contributed by atoms with Gasteiger partial charge in [-0.3, -0.25) is 4.79 Å². The minimum atomic E-state index is -0.223. The van der Waals surface area contributed by atoms with E-state index in [1.165, 1.54) is 0 Å². The Balaban J connectivity index is 1.70. The van der Waals surface area contributed by atoms with E-state index in [0.717, 1.165) is 16.5 Å². The minimum absolute atomic E-state index is 0.0859. The van der Waals surface area contributed by atoms with Gasteiger partial charge in [0.05, 0.1) is 5.69 Å². The second-order valence-electron chi connectivity index (χ2n) is 4.90. The lowest BCUT2D eigenvalue weighted by atomic mass is 10.1. The highest BCUT2D eigenvalue weighted by atomic mass is 16.5. The number of ether oxygens (including phenoxy) is 1. The van der Waals surface area contributed by atoms with Gasteiger partial charge in [-0.1, -0.05) is 48.5 Å². The molecule has 1 amide bonds. The Kier molecular flexibility index (Phi) is 3.92. The van der Waals surface area contributed by atoms with Gasteiger partial charge in [-0.25, -0.2) is 0 Å². The molecule has 0 spiro atoms. The number of rotatable bonds is 4. The molecule has 0 unspecified atom stereocenters.